The summed E-state index contributed by atoms with van der Waals surface area (Å²) in [5, 5.41) is 0. The summed E-state index contributed by atoms with van der Waals surface area (Å²) < 4.78 is 10.6. The molecule has 0 aromatic rings. The molecular formula is C30H58O4. The molecule has 0 saturated heterocycles. The molecule has 0 rings (SSSR count). The van der Waals surface area contributed by atoms with Crippen LogP contribution in [-0.4, -0.2) is 25.2 Å². The lowest BCUT2D eigenvalue weighted by atomic mass is 9.93. The molecule has 0 amide bonds. The molecule has 0 aromatic carbocycles. The molecule has 0 heterocycles. The highest BCUT2D eigenvalue weighted by Gasteiger charge is 2.10. The van der Waals surface area contributed by atoms with E-state index in [0.29, 0.717) is 32.0 Å². The van der Waals surface area contributed by atoms with Gasteiger partial charge in [0, 0.05) is 12.8 Å². The highest BCUT2D eigenvalue weighted by atomic mass is 16.5. The molecule has 34 heavy (non-hydrogen) atoms. The van der Waals surface area contributed by atoms with Crippen molar-refractivity contribution in [2.75, 3.05) is 13.2 Å². The number of ether oxygens (including phenoxy) is 2. The molecule has 0 aliphatic carbocycles. The van der Waals surface area contributed by atoms with Crippen LogP contribution in [0.25, 0.3) is 0 Å². The van der Waals surface area contributed by atoms with E-state index in [1.54, 1.807) is 0 Å². The van der Waals surface area contributed by atoms with Crippen LogP contribution in [0.2, 0.25) is 0 Å². The van der Waals surface area contributed by atoms with Gasteiger partial charge in [0.15, 0.2) is 0 Å². The lowest BCUT2D eigenvalue weighted by Gasteiger charge is -2.14. The molecule has 0 radical (unpaired) electrons. The van der Waals surface area contributed by atoms with Gasteiger partial charge in [-0.15, -0.1) is 0 Å². The zero-order valence-electron chi connectivity index (χ0n) is 23.2. The van der Waals surface area contributed by atoms with Crippen molar-refractivity contribution >= 4 is 11.9 Å². The summed E-state index contributed by atoms with van der Waals surface area (Å²) in [6.07, 6.45) is 25.2. The van der Waals surface area contributed by atoms with Gasteiger partial charge in [0.1, 0.15) is 0 Å². The first-order chi connectivity index (χ1) is 16.6. The first-order valence-electron chi connectivity index (χ1n) is 14.9. The number of rotatable bonds is 26. The van der Waals surface area contributed by atoms with Crippen molar-refractivity contribution in [3.05, 3.63) is 0 Å². The first-order valence-corrected chi connectivity index (χ1v) is 14.9. The summed E-state index contributed by atoms with van der Waals surface area (Å²) in [6.45, 7) is 7.76. The zero-order chi connectivity index (χ0) is 25.1. The second-order valence-electron chi connectivity index (χ2n) is 10.1. The van der Waals surface area contributed by atoms with Crippen molar-refractivity contribution < 1.29 is 19.1 Å². The van der Waals surface area contributed by atoms with E-state index in [1.165, 1.54) is 70.6 Å². The van der Waals surface area contributed by atoms with E-state index in [1.807, 2.05) is 0 Å². The highest BCUT2D eigenvalue weighted by Crippen LogP contribution is 2.20. The molecular weight excluding hydrogens is 424 g/mol. The zero-order valence-corrected chi connectivity index (χ0v) is 23.2. The van der Waals surface area contributed by atoms with Gasteiger partial charge in [-0.1, -0.05) is 124 Å². The summed E-state index contributed by atoms with van der Waals surface area (Å²) in [7, 11) is 0. The molecule has 1 unspecified atom stereocenters. The molecule has 0 fully saturated rings. The summed E-state index contributed by atoms with van der Waals surface area (Å²) in [5.41, 5.74) is 0. The number of unbranched alkanes of at least 4 members (excludes halogenated alkanes) is 14. The Morgan fingerprint density at radius 2 is 0.941 bits per heavy atom. The van der Waals surface area contributed by atoms with Crippen LogP contribution in [-0.2, 0) is 19.1 Å². The minimum atomic E-state index is -0.0123. The molecule has 0 aromatic heterocycles. The fraction of sp³-hybridized carbons (Fsp3) is 0.933. The maximum atomic E-state index is 11.8. The van der Waals surface area contributed by atoms with Gasteiger partial charge in [0.25, 0.3) is 0 Å². The highest BCUT2D eigenvalue weighted by molar-refractivity contribution is 5.69. The van der Waals surface area contributed by atoms with Crippen molar-refractivity contribution in [3.63, 3.8) is 0 Å². The van der Waals surface area contributed by atoms with E-state index in [4.69, 9.17) is 9.47 Å². The summed E-state index contributed by atoms with van der Waals surface area (Å²) in [6, 6.07) is 0. The predicted molar refractivity (Wildman–Crippen MR) is 144 cm³/mol. The van der Waals surface area contributed by atoms with Crippen LogP contribution in [0.4, 0.5) is 0 Å². The molecule has 0 spiro atoms. The van der Waals surface area contributed by atoms with Crippen molar-refractivity contribution in [1.29, 1.82) is 0 Å². The monoisotopic (exact) mass is 482 g/mol. The lowest BCUT2D eigenvalue weighted by Crippen LogP contribution is -2.09. The molecule has 0 aliphatic rings. The van der Waals surface area contributed by atoms with Gasteiger partial charge < -0.3 is 9.47 Å². The van der Waals surface area contributed by atoms with E-state index < -0.39 is 0 Å². The average molecular weight is 483 g/mol. The standard InChI is InChI=1S/C30H58O4/c1-4-7-20-26-33-29(31)23-19-17-15-13-11-9-10-12-14-16-18-22-28(6-3)24-25-30(32)34-27-21-8-5-2/h28H,4-27H2,1-3H3. The minimum Gasteiger partial charge on any atom is -0.466 e. The molecule has 0 bridgehead atoms. The van der Waals surface area contributed by atoms with Gasteiger partial charge >= 0.3 is 11.9 Å². The number of hydrogen-bond acceptors (Lipinski definition) is 4. The van der Waals surface area contributed by atoms with Crippen LogP contribution in [0, 0.1) is 5.92 Å². The third-order valence-corrected chi connectivity index (χ3v) is 6.85. The average Bonchev–Trinajstić information content (AvgIpc) is 2.84. The molecule has 0 saturated carbocycles. The number of esters is 2. The molecule has 4 heteroatoms. The Balaban J connectivity index is 3.39. The largest absolute Gasteiger partial charge is 0.466 e. The maximum absolute atomic E-state index is 11.8. The summed E-state index contributed by atoms with van der Waals surface area (Å²) in [4.78, 5) is 23.5. The van der Waals surface area contributed by atoms with Crippen LogP contribution >= 0.6 is 0 Å². The summed E-state index contributed by atoms with van der Waals surface area (Å²) in [5.74, 6) is 0.655. The fourth-order valence-corrected chi connectivity index (χ4v) is 4.39. The Morgan fingerprint density at radius 1 is 0.500 bits per heavy atom. The third-order valence-electron chi connectivity index (χ3n) is 6.85. The predicted octanol–water partition coefficient (Wildman–Crippen LogP) is 9.33. The Bertz CT molecular complexity index is 449. The quantitative estimate of drug-likeness (QED) is 0.0910. The molecule has 1 atom stereocenters. The van der Waals surface area contributed by atoms with Gasteiger partial charge in [0.2, 0.25) is 0 Å². The van der Waals surface area contributed by atoms with Crippen molar-refractivity contribution in [2.45, 2.75) is 162 Å². The van der Waals surface area contributed by atoms with Crippen molar-refractivity contribution in [2.24, 2.45) is 5.92 Å². The lowest BCUT2D eigenvalue weighted by molar-refractivity contribution is -0.145. The van der Waals surface area contributed by atoms with E-state index in [9.17, 15) is 9.59 Å². The van der Waals surface area contributed by atoms with Crippen LogP contribution in [0.15, 0.2) is 0 Å². The third kappa shape index (κ3) is 24.1. The topological polar surface area (TPSA) is 52.6 Å². The fourth-order valence-electron chi connectivity index (χ4n) is 4.39. The Labute approximate surface area is 212 Å². The van der Waals surface area contributed by atoms with Gasteiger partial charge in [-0.05, 0) is 31.6 Å². The smallest absolute Gasteiger partial charge is 0.305 e. The van der Waals surface area contributed by atoms with Gasteiger partial charge in [-0.2, -0.15) is 0 Å². The minimum absolute atomic E-state index is 0.00476. The van der Waals surface area contributed by atoms with Gasteiger partial charge in [-0.3, -0.25) is 9.59 Å². The molecule has 0 N–H and O–H groups in total. The second-order valence-corrected chi connectivity index (χ2v) is 10.1. The first kappa shape index (κ1) is 32.9. The molecule has 202 valence electrons. The van der Waals surface area contributed by atoms with Gasteiger partial charge in [0.05, 0.1) is 13.2 Å². The van der Waals surface area contributed by atoms with Crippen LogP contribution < -0.4 is 0 Å². The Morgan fingerprint density at radius 3 is 1.41 bits per heavy atom. The number of carbonyl (C=O) groups is 2. The van der Waals surface area contributed by atoms with Crippen LogP contribution in [0.1, 0.15) is 162 Å². The van der Waals surface area contributed by atoms with E-state index in [0.717, 1.165) is 57.8 Å². The van der Waals surface area contributed by atoms with Crippen molar-refractivity contribution in [3.8, 4) is 0 Å². The summed E-state index contributed by atoms with van der Waals surface area (Å²) >= 11 is 0. The SMILES string of the molecule is CCCCCOC(=O)CCCCCCCCCCCCCC(CC)CCC(=O)OCCCCC. The van der Waals surface area contributed by atoms with E-state index in [2.05, 4.69) is 20.8 Å². The van der Waals surface area contributed by atoms with E-state index in [-0.39, 0.29) is 11.9 Å². The number of hydrogen-bond donors (Lipinski definition) is 0. The second kappa shape index (κ2) is 26.5. The van der Waals surface area contributed by atoms with Crippen molar-refractivity contribution in [1.82, 2.24) is 0 Å². The van der Waals surface area contributed by atoms with E-state index >= 15 is 0 Å². The Kier molecular flexibility index (Phi) is 25.7. The van der Waals surface area contributed by atoms with Crippen LogP contribution in [0.3, 0.4) is 0 Å². The Hall–Kier alpha value is -1.06. The van der Waals surface area contributed by atoms with Gasteiger partial charge in [-0.25, -0.2) is 0 Å². The normalized spacial score (nSPS) is 12.0. The number of carbonyl (C=O) groups excluding carboxylic acids is 2. The maximum Gasteiger partial charge on any atom is 0.305 e. The van der Waals surface area contributed by atoms with Crippen LogP contribution in [0.5, 0.6) is 0 Å². The molecule has 4 nitrogen and oxygen atoms in total. The molecule has 0 aliphatic heterocycles.